The molecule has 0 aromatic heterocycles. The third-order valence-corrected chi connectivity index (χ3v) is 3.87. The summed E-state index contributed by atoms with van der Waals surface area (Å²) in [4.78, 5) is 11.3. The maximum Gasteiger partial charge on any atom is 0.391 e. The van der Waals surface area contributed by atoms with Crippen LogP contribution < -0.4 is 5.32 Å². The van der Waals surface area contributed by atoms with E-state index in [1.54, 1.807) is 0 Å². The summed E-state index contributed by atoms with van der Waals surface area (Å²) in [6, 6.07) is -0.694. The molecule has 1 amide bonds. The zero-order valence-electron chi connectivity index (χ0n) is 9.07. The summed E-state index contributed by atoms with van der Waals surface area (Å²) in [6.07, 6.45) is -0.292. The molecule has 2 nitrogen and oxygen atoms in total. The van der Waals surface area contributed by atoms with Gasteiger partial charge in [-0.15, -0.1) is 0 Å². The first-order chi connectivity index (χ1) is 7.41. The number of amides is 1. The summed E-state index contributed by atoms with van der Waals surface area (Å²) in [5.74, 6) is -0.212. The normalized spacial score (nSPS) is 29.4. The minimum Gasteiger partial charge on any atom is -0.352 e. The van der Waals surface area contributed by atoms with E-state index >= 15 is 0 Å². The molecule has 1 atom stereocenters. The lowest BCUT2D eigenvalue weighted by Gasteiger charge is -2.37. The van der Waals surface area contributed by atoms with E-state index in [-0.39, 0.29) is 12.3 Å². The van der Waals surface area contributed by atoms with E-state index in [0.29, 0.717) is 0 Å². The van der Waals surface area contributed by atoms with Crippen LogP contribution in [0.4, 0.5) is 13.2 Å². The van der Waals surface area contributed by atoms with Gasteiger partial charge in [0.2, 0.25) is 5.91 Å². The van der Waals surface area contributed by atoms with Crippen LogP contribution in [0.3, 0.4) is 0 Å². The highest BCUT2D eigenvalue weighted by Crippen LogP contribution is 2.47. The standard InChI is InChI=1S/C11H16F3NO/c12-11(13,14)6-8-10(7-9(16)15-8)4-2-1-3-5-10/h8H,1-7H2,(H,15,16). The van der Waals surface area contributed by atoms with Crippen molar-refractivity contribution in [2.45, 2.75) is 57.2 Å². The van der Waals surface area contributed by atoms with Crippen LogP contribution in [0.2, 0.25) is 0 Å². The van der Waals surface area contributed by atoms with Crippen LogP contribution >= 0.6 is 0 Å². The zero-order valence-corrected chi connectivity index (χ0v) is 9.07. The third kappa shape index (κ3) is 2.33. The molecule has 0 aromatic rings. The fourth-order valence-electron chi connectivity index (χ4n) is 3.12. The largest absolute Gasteiger partial charge is 0.391 e. The molecule has 92 valence electrons. The van der Waals surface area contributed by atoms with Crippen LogP contribution in [0.25, 0.3) is 0 Å². The summed E-state index contributed by atoms with van der Waals surface area (Å²) in [6.45, 7) is 0. The minimum atomic E-state index is -4.19. The lowest BCUT2D eigenvalue weighted by atomic mass is 9.68. The predicted octanol–water partition coefficient (Wildman–Crippen LogP) is 2.78. The SMILES string of the molecule is O=C1CC2(CCCCC2)C(CC(F)(F)F)N1. The number of alkyl halides is 3. The molecule has 1 heterocycles. The van der Waals surface area contributed by atoms with Crippen molar-refractivity contribution in [3.63, 3.8) is 0 Å². The number of rotatable bonds is 1. The molecule has 1 aliphatic heterocycles. The quantitative estimate of drug-likeness (QED) is 0.744. The Hall–Kier alpha value is -0.740. The van der Waals surface area contributed by atoms with Gasteiger partial charge >= 0.3 is 6.18 Å². The van der Waals surface area contributed by atoms with Gasteiger partial charge in [0.25, 0.3) is 0 Å². The smallest absolute Gasteiger partial charge is 0.352 e. The Morgan fingerprint density at radius 1 is 1.25 bits per heavy atom. The van der Waals surface area contributed by atoms with Gasteiger partial charge in [-0.05, 0) is 18.3 Å². The molecule has 1 N–H and O–H groups in total. The van der Waals surface area contributed by atoms with Crippen molar-refractivity contribution in [3.8, 4) is 0 Å². The molecule has 1 saturated heterocycles. The van der Waals surface area contributed by atoms with Crippen molar-refractivity contribution in [1.29, 1.82) is 0 Å². The van der Waals surface area contributed by atoms with Crippen LogP contribution in [0.1, 0.15) is 44.9 Å². The van der Waals surface area contributed by atoms with Crippen molar-refractivity contribution in [2.24, 2.45) is 5.41 Å². The summed E-state index contributed by atoms with van der Waals surface area (Å²) >= 11 is 0. The van der Waals surface area contributed by atoms with Crippen molar-refractivity contribution < 1.29 is 18.0 Å². The number of hydrogen-bond acceptors (Lipinski definition) is 1. The highest BCUT2D eigenvalue weighted by atomic mass is 19.4. The fraction of sp³-hybridized carbons (Fsp3) is 0.909. The highest BCUT2D eigenvalue weighted by molar-refractivity contribution is 5.80. The van der Waals surface area contributed by atoms with Gasteiger partial charge in [0, 0.05) is 12.5 Å². The average molecular weight is 235 g/mol. The van der Waals surface area contributed by atoms with Crippen LogP contribution in [0.5, 0.6) is 0 Å². The van der Waals surface area contributed by atoms with Crippen LogP contribution in [0, 0.1) is 5.41 Å². The number of carbonyl (C=O) groups is 1. The van der Waals surface area contributed by atoms with E-state index in [9.17, 15) is 18.0 Å². The van der Waals surface area contributed by atoms with Crippen molar-refractivity contribution in [2.75, 3.05) is 0 Å². The van der Waals surface area contributed by atoms with Gasteiger partial charge in [-0.1, -0.05) is 19.3 Å². The van der Waals surface area contributed by atoms with E-state index in [1.165, 1.54) is 0 Å². The molecule has 16 heavy (non-hydrogen) atoms. The van der Waals surface area contributed by atoms with E-state index < -0.39 is 24.1 Å². The van der Waals surface area contributed by atoms with E-state index in [1.807, 2.05) is 0 Å². The molecule has 0 aromatic carbocycles. The van der Waals surface area contributed by atoms with Crippen molar-refractivity contribution in [1.82, 2.24) is 5.32 Å². The average Bonchev–Trinajstić information content (AvgIpc) is 2.41. The second-order valence-corrected chi connectivity index (χ2v) is 5.04. The third-order valence-electron chi connectivity index (χ3n) is 3.87. The number of nitrogens with one attached hydrogen (secondary N) is 1. The molecule has 1 saturated carbocycles. The Labute approximate surface area is 92.6 Å². The molecule has 0 radical (unpaired) electrons. The molecule has 1 spiro atoms. The number of hydrogen-bond donors (Lipinski definition) is 1. The van der Waals surface area contributed by atoms with Crippen molar-refractivity contribution in [3.05, 3.63) is 0 Å². The maximum absolute atomic E-state index is 12.4. The van der Waals surface area contributed by atoms with Gasteiger partial charge in [-0.25, -0.2) is 0 Å². The molecule has 2 aliphatic rings. The van der Waals surface area contributed by atoms with E-state index in [2.05, 4.69) is 5.32 Å². The molecule has 5 heteroatoms. The van der Waals surface area contributed by atoms with Gasteiger partial charge < -0.3 is 5.32 Å². The first-order valence-electron chi connectivity index (χ1n) is 5.77. The summed E-state index contributed by atoms with van der Waals surface area (Å²) < 4.78 is 37.3. The Bertz CT molecular complexity index is 281. The lowest BCUT2D eigenvalue weighted by molar-refractivity contribution is -0.146. The molecule has 0 bridgehead atoms. The Morgan fingerprint density at radius 3 is 2.44 bits per heavy atom. The monoisotopic (exact) mass is 235 g/mol. The highest BCUT2D eigenvalue weighted by Gasteiger charge is 2.50. The molecular weight excluding hydrogens is 219 g/mol. The summed E-state index contributed by atoms with van der Waals surface area (Å²) in [5.41, 5.74) is -0.412. The number of halogens is 3. The summed E-state index contributed by atoms with van der Waals surface area (Å²) in [7, 11) is 0. The molecular formula is C11H16F3NO. The first kappa shape index (κ1) is 11.7. The molecule has 2 fully saturated rings. The maximum atomic E-state index is 12.4. The van der Waals surface area contributed by atoms with Gasteiger partial charge in [0.15, 0.2) is 0 Å². The summed E-state index contributed by atoms with van der Waals surface area (Å²) in [5, 5.41) is 2.51. The second-order valence-electron chi connectivity index (χ2n) is 5.04. The predicted molar refractivity (Wildman–Crippen MR) is 52.7 cm³/mol. The lowest BCUT2D eigenvalue weighted by Crippen LogP contribution is -2.41. The van der Waals surface area contributed by atoms with Crippen LogP contribution in [-0.4, -0.2) is 18.1 Å². The second kappa shape index (κ2) is 3.93. The van der Waals surface area contributed by atoms with Gasteiger partial charge in [-0.2, -0.15) is 13.2 Å². The van der Waals surface area contributed by atoms with Crippen molar-refractivity contribution >= 4 is 5.91 Å². The van der Waals surface area contributed by atoms with Gasteiger partial charge in [0.1, 0.15) is 0 Å². The van der Waals surface area contributed by atoms with E-state index in [0.717, 1.165) is 32.1 Å². The van der Waals surface area contributed by atoms with E-state index in [4.69, 9.17) is 0 Å². The Balaban J connectivity index is 2.12. The van der Waals surface area contributed by atoms with Gasteiger partial charge in [-0.3, -0.25) is 4.79 Å². The van der Waals surface area contributed by atoms with Crippen LogP contribution in [-0.2, 0) is 4.79 Å². The molecule has 1 unspecified atom stereocenters. The fourth-order valence-corrected chi connectivity index (χ4v) is 3.12. The molecule has 2 rings (SSSR count). The Kier molecular flexibility index (Phi) is 2.88. The zero-order chi connectivity index (χ0) is 11.8. The first-order valence-corrected chi connectivity index (χ1v) is 5.77. The molecule has 1 aliphatic carbocycles. The topological polar surface area (TPSA) is 29.1 Å². The number of carbonyl (C=O) groups excluding carboxylic acids is 1. The van der Waals surface area contributed by atoms with Crippen LogP contribution in [0.15, 0.2) is 0 Å². The van der Waals surface area contributed by atoms with Gasteiger partial charge in [0.05, 0.1) is 6.42 Å². The Morgan fingerprint density at radius 2 is 1.88 bits per heavy atom. The minimum absolute atomic E-state index is 0.212.